The van der Waals surface area contributed by atoms with Gasteiger partial charge >= 0.3 is 0 Å². The van der Waals surface area contributed by atoms with E-state index >= 15 is 0 Å². The Labute approximate surface area is 105 Å². The molecule has 0 radical (unpaired) electrons. The molecule has 100 valence electrons. The lowest BCUT2D eigenvalue weighted by Gasteiger charge is -2.32. The third-order valence-corrected chi connectivity index (χ3v) is 3.25. The van der Waals surface area contributed by atoms with Gasteiger partial charge in [0, 0.05) is 39.9 Å². The second kappa shape index (κ2) is 8.34. The summed E-state index contributed by atoms with van der Waals surface area (Å²) in [5.41, 5.74) is 0. The average Bonchev–Trinajstić information content (AvgIpc) is 2.35. The smallest absolute Gasteiger partial charge is 0.193 e. The molecule has 0 bridgehead atoms. The van der Waals surface area contributed by atoms with Gasteiger partial charge in [-0.2, -0.15) is 0 Å². The number of nitrogens with one attached hydrogen (secondary N) is 1. The van der Waals surface area contributed by atoms with Crippen LogP contribution in [0, 0.1) is 5.92 Å². The van der Waals surface area contributed by atoms with Gasteiger partial charge in [0.1, 0.15) is 0 Å². The number of hydrogen-bond donors (Lipinski definition) is 1. The van der Waals surface area contributed by atoms with Gasteiger partial charge in [0.15, 0.2) is 5.96 Å². The van der Waals surface area contributed by atoms with Crippen LogP contribution in [-0.4, -0.2) is 50.8 Å². The first-order valence-corrected chi connectivity index (χ1v) is 6.81. The lowest BCUT2D eigenvalue weighted by Crippen LogP contribution is -2.45. The molecule has 1 heterocycles. The second-order valence-electron chi connectivity index (χ2n) is 4.69. The minimum atomic E-state index is 0.804. The van der Waals surface area contributed by atoms with Gasteiger partial charge in [0.25, 0.3) is 0 Å². The van der Waals surface area contributed by atoms with Crippen LogP contribution in [0.3, 0.4) is 0 Å². The zero-order valence-corrected chi connectivity index (χ0v) is 11.5. The van der Waals surface area contributed by atoms with Crippen LogP contribution in [0.4, 0.5) is 0 Å². The number of rotatable bonds is 5. The molecule has 1 N–H and O–H groups in total. The molecule has 4 heteroatoms. The summed E-state index contributed by atoms with van der Waals surface area (Å²) >= 11 is 0. The van der Waals surface area contributed by atoms with Gasteiger partial charge in [-0.25, -0.2) is 0 Å². The highest BCUT2D eigenvalue weighted by atomic mass is 16.5. The Morgan fingerprint density at radius 2 is 2.12 bits per heavy atom. The van der Waals surface area contributed by atoms with Crippen LogP contribution >= 0.6 is 0 Å². The van der Waals surface area contributed by atoms with Crippen LogP contribution in [0.1, 0.15) is 33.1 Å². The molecule has 1 fully saturated rings. The zero-order valence-electron chi connectivity index (χ0n) is 11.5. The van der Waals surface area contributed by atoms with E-state index in [9.17, 15) is 0 Å². The fourth-order valence-electron chi connectivity index (χ4n) is 2.07. The number of ether oxygens (including phenoxy) is 1. The lowest BCUT2D eigenvalue weighted by molar-refractivity contribution is 0.145. The minimum absolute atomic E-state index is 0.804. The first-order chi connectivity index (χ1) is 8.27. The Bertz CT molecular complexity index is 223. The standard InChI is InChI=1S/C13H27N3O/c1-4-17-11-5-8-15-13(14-3)16-9-6-12(2)7-10-16/h12H,4-11H2,1-3H3,(H,14,15). The van der Waals surface area contributed by atoms with E-state index in [2.05, 4.69) is 22.1 Å². The third kappa shape index (κ3) is 5.39. The van der Waals surface area contributed by atoms with E-state index in [1.807, 2.05) is 14.0 Å². The summed E-state index contributed by atoms with van der Waals surface area (Å²) < 4.78 is 5.32. The van der Waals surface area contributed by atoms with E-state index in [4.69, 9.17) is 4.74 Å². The van der Waals surface area contributed by atoms with Crippen LogP contribution < -0.4 is 5.32 Å². The molecule has 0 aromatic heterocycles. The summed E-state index contributed by atoms with van der Waals surface area (Å²) in [4.78, 5) is 6.71. The van der Waals surface area contributed by atoms with E-state index in [-0.39, 0.29) is 0 Å². The van der Waals surface area contributed by atoms with Crippen molar-refractivity contribution in [2.45, 2.75) is 33.1 Å². The number of guanidine groups is 1. The molecule has 4 nitrogen and oxygen atoms in total. The van der Waals surface area contributed by atoms with E-state index in [1.54, 1.807) is 0 Å². The summed E-state index contributed by atoms with van der Waals surface area (Å²) in [5, 5.41) is 3.41. The Kier molecular flexibility index (Phi) is 7.01. The summed E-state index contributed by atoms with van der Waals surface area (Å²) in [6.45, 7) is 9.20. The summed E-state index contributed by atoms with van der Waals surface area (Å²) in [6.07, 6.45) is 3.59. The molecule has 1 saturated heterocycles. The molecule has 0 aromatic rings. The van der Waals surface area contributed by atoms with Crippen molar-refractivity contribution in [1.29, 1.82) is 0 Å². The number of hydrogen-bond acceptors (Lipinski definition) is 2. The topological polar surface area (TPSA) is 36.9 Å². The van der Waals surface area contributed by atoms with E-state index in [0.717, 1.165) is 51.1 Å². The molecule has 0 aromatic carbocycles. The van der Waals surface area contributed by atoms with E-state index < -0.39 is 0 Å². The summed E-state index contributed by atoms with van der Waals surface area (Å²) in [7, 11) is 1.86. The number of nitrogens with zero attached hydrogens (tertiary/aromatic N) is 2. The normalized spacial score (nSPS) is 18.5. The molecule has 17 heavy (non-hydrogen) atoms. The predicted octanol–water partition coefficient (Wildman–Crippen LogP) is 1.72. The molecular weight excluding hydrogens is 214 g/mol. The third-order valence-electron chi connectivity index (χ3n) is 3.25. The molecule has 0 spiro atoms. The van der Waals surface area contributed by atoms with Crippen LogP contribution in [0.15, 0.2) is 4.99 Å². The van der Waals surface area contributed by atoms with Crippen molar-refractivity contribution in [2.24, 2.45) is 10.9 Å². The van der Waals surface area contributed by atoms with Crippen molar-refractivity contribution >= 4 is 5.96 Å². The summed E-state index contributed by atoms with van der Waals surface area (Å²) in [6, 6.07) is 0. The maximum atomic E-state index is 5.32. The van der Waals surface area contributed by atoms with Gasteiger partial charge in [0.05, 0.1) is 0 Å². The first-order valence-electron chi connectivity index (χ1n) is 6.81. The van der Waals surface area contributed by atoms with Crippen molar-refractivity contribution in [3.63, 3.8) is 0 Å². The maximum absolute atomic E-state index is 5.32. The van der Waals surface area contributed by atoms with Crippen molar-refractivity contribution in [1.82, 2.24) is 10.2 Å². The zero-order chi connectivity index (χ0) is 12.5. The van der Waals surface area contributed by atoms with Gasteiger partial charge in [-0.3, -0.25) is 4.99 Å². The van der Waals surface area contributed by atoms with E-state index in [0.29, 0.717) is 0 Å². The van der Waals surface area contributed by atoms with Crippen molar-refractivity contribution in [3.8, 4) is 0 Å². The van der Waals surface area contributed by atoms with Crippen molar-refractivity contribution in [3.05, 3.63) is 0 Å². The molecule has 1 aliphatic heterocycles. The van der Waals surface area contributed by atoms with Gasteiger partial charge in [-0.15, -0.1) is 0 Å². The van der Waals surface area contributed by atoms with Crippen LogP contribution in [-0.2, 0) is 4.74 Å². The van der Waals surface area contributed by atoms with Gasteiger partial charge < -0.3 is 15.0 Å². The van der Waals surface area contributed by atoms with E-state index in [1.165, 1.54) is 12.8 Å². The van der Waals surface area contributed by atoms with Gasteiger partial charge in [-0.05, 0) is 32.1 Å². The average molecular weight is 241 g/mol. The fourth-order valence-corrected chi connectivity index (χ4v) is 2.07. The molecule has 0 saturated carbocycles. The van der Waals surface area contributed by atoms with Gasteiger partial charge in [-0.1, -0.05) is 6.92 Å². The Morgan fingerprint density at radius 3 is 2.71 bits per heavy atom. The maximum Gasteiger partial charge on any atom is 0.193 e. The summed E-state index contributed by atoms with van der Waals surface area (Å²) in [5.74, 6) is 1.91. The molecule has 1 aliphatic rings. The molecular formula is C13H27N3O. The predicted molar refractivity (Wildman–Crippen MR) is 72.4 cm³/mol. The Hall–Kier alpha value is -0.770. The molecule has 1 rings (SSSR count). The number of piperidine rings is 1. The number of likely N-dealkylation sites (tertiary alicyclic amines) is 1. The molecule has 0 atom stereocenters. The lowest BCUT2D eigenvalue weighted by atomic mass is 10.00. The fraction of sp³-hybridized carbons (Fsp3) is 0.923. The minimum Gasteiger partial charge on any atom is -0.382 e. The largest absolute Gasteiger partial charge is 0.382 e. The first kappa shape index (κ1) is 14.3. The quantitative estimate of drug-likeness (QED) is 0.452. The van der Waals surface area contributed by atoms with Crippen molar-refractivity contribution in [2.75, 3.05) is 39.9 Å². The highest BCUT2D eigenvalue weighted by Gasteiger charge is 2.17. The van der Waals surface area contributed by atoms with Crippen LogP contribution in [0.5, 0.6) is 0 Å². The Morgan fingerprint density at radius 1 is 1.41 bits per heavy atom. The monoisotopic (exact) mass is 241 g/mol. The van der Waals surface area contributed by atoms with Crippen LogP contribution in [0.2, 0.25) is 0 Å². The second-order valence-corrected chi connectivity index (χ2v) is 4.69. The Balaban J connectivity index is 2.20. The molecule has 0 aliphatic carbocycles. The SMILES string of the molecule is CCOCCCNC(=NC)N1CCC(C)CC1. The highest BCUT2D eigenvalue weighted by molar-refractivity contribution is 5.79. The number of aliphatic imine (C=N–C) groups is 1. The van der Waals surface area contributed by atoms with Crippen molar-refractivity contribution < 1.29 is 4.74 Å². The molecule has 0 unspecified atom stereocenters. The van der Waals surface area contributed by atoms with Crippen LogP contribution in [0.25, 0.3) is 0 Å². The van der Waals surface area contributed by atoms with Gasteiger partial charge in [0.2, 0.25) is 0 Å². The molecule has 0 amide bonds. The highest BCUT2D eigenvalue weighted by Crippen LogP contribution is 2.15.